The van der Waals surface area contributed by atoms with Gasteiger partial charge in [0.25, 0.3) is 0 Å². The van der Waals surface area contributed by atoms with Crippen LogP contribution in [0.4, 0.5) is 0 Å². The number of hydrogen-bond acceptors (Lipinski definition) is 8. The Labute approximate surface area is 358 Å². The lowest BCUT2D eigenvalue weighted by molar-refractivity contribution is -0.154. The van der Waals surface area contributed by atoms with E-state index in [4.69, 9.17) is 23.6 Å². The summed E-state index contributed by atoms with van der Waals surface area (Å²) in [4.78, 5) is 22.6. The second-order valence-electron chi connectivity index (χ2n) is 17.2. The van der Waals surface area contributed by atoms with Gasteiger partial charge in [0.2, 0.25) is 0 Å². The zero-order valence-corrected chi connectivity index (χ0v) is 39.2. The highest BCUT2D eigenvalue weighted by atomic mass is 31.2. The number of unbranched alkanes of at least 4 members (excludes halogenated alkanes) is 35. The molecular formula is C48H97O9P. The Morgan fingerprint density at radius 1 is 0.466 bits per heavy atom. The molecule has 3 unspecified atom stereocenters. The van der Waals surface area contributed by atoms with Crippen molar-refractivity contribution < 1.29 is 43.0 Å². The largest absolute Gasteiger partial charge is 0.472 e. The van der Waals surface area contributed by atoms with Crippen LogP contribution in [0, 0.1) is 0 Å². The first-order valence-electron chi connectivity index (χ1n) is 25.0. The molecule has 0 saturated heterocycles. The van der Waals surface area contributed by atoms with Crippen LogP contribution in [-0.2, 0) is 27.9 Å². The van der Waals surface area contributed by atoms with Crippen molar-refractivity contribution in [2.45, 2.75) is 270 Å². The number of rotatable bonds is 49. The lowest BCUT2D eigenvalue weighted by Crippen LogP contribution is -2.29. The van der Waals surface area contributed by atoms with E-state index in [0.29, 0.717) is 6.61 Å². The van der Waals surface area contributed by atoms with Crippen molar-refractivity contribution in [2.24, 2.45) is 0 Å². The molecule has 348 valence electrons. The van der Waals surface area contributed by atoms with E-state index in [1.54, 1.807) is 0 Å². The summed E-state index contributed by atoms with van der Waals surface area (Å²) in [6, 6.07) is 0. The topological polar surface area (TPSA) is 132 Å². The molecule has 0 rings (SSSR count). The van der Waals surface area contributed by atoms with Gasteiger partial charge in [-0.25, -0.2) is 4.57 Å². The van der Waals surface area contributed by atoms with E-state index in [1.165, 1.54) is 205 Å². The monoisotopic (exact) mass is 849 g/mol. The Morgan fingerprint density at radius 3 is 1.12 bits per heavy atom. The molecule has 0 aromatic carbocycles. The quantitative estimate of drug-likeness (QED) is 0.0311. The molecule has 10 heteroatoms. The molecule has 0 aliphatic heterocycles. The number of carbonyl (C=O) groups excluding carboxylic acids is 1. The first-order chi connectivity index (χ1) is 28.3. The Hall–Kier alpha value is -0.540. The Bertz CT molecular complexity index is 876. The maximum absolute atomic E-state index is 12.6. The number of ether oxygens (including phenoxy) is 2. The minimum atomic E-state index is -4.51. The average Bonchev–Trinajstić information content (AvgIpc) is 3.21. The van der Waals surface area contributed by atoms with Gasteiger partial charge in [-0.15, -0.1) is 0 Å². The summed E-state index contributed by atoms with van der Waals surface area (Å²) in [5.41, 5.74) is 0. The highest BCUT2D eigenvalue weighted by Gasteiger charge is 2.26. The normalized spacial score (nSPS) is 13.8. The van der Waals surface area contributed by atoms with Gasteiger partial charge in [0, 0.05) is 13.0 Å². The molecule has 0 aliphatic rings. The van der Waals surface area contributed by atoms with Crippen molar-refractivity contribution in [2.75, 3.05) is 33.0 Å². The highest BCUT2D eigenvalue weighted by molar-refractivity contribution is 7.47. The minimum Gasteiger partial charge on any atom is -0.457 e. The molecule has 0 radical (unpaired) electrons. The summed E-state index contributed by atoms with van der Waals surface area (Å²) in [5, 5.41) is 18.4. The molecule has 0 spiro atoms. The van der Waals surface area contributed by atoms with Crippen molar-refractivity contribution in [1.29, 1.82) is 0 Å². The fourth-order valence-electron chi connectivity index (χ4n) is 7.48. The number of hydrogen-bond donors (Lipinski definition) is 3. The van der Waals surface area contributed by atoms with E-state index < -0.39 is 33.2 Å². The predicted octanol–water partition coefficient (Wildman–Crippen LogP) is 14.3. The second-order valence-corrected chi connectivity index (χ2v) is 18.7. The predicted molar refractivity (Wildman–Crippen MR) is 242 cm³/mol. The molecule has 3 N–H and O–H groups in total. The van der Waals surface area contributed by atoms with Crippen molar-refractivity contribution in [1.82, 2.24) is 0 Å². The number of carbonyl (C=O) groups is 1. The first-order valence-corrected chi connectivity index (χ1v) is 26.5. The van der Waals surface area contributed by atoms with Crippen LogP contribution < -0.4 is 0 Å². The van der Waals surface area contributed by atoms with Crippen LogP contribution in [-0.4, -0.2) is 66.3 Å². The molecule has 0 aromatic rings. The summed E-state index contributed by atoms with van der Waals surface area (Å²) in [6.45, 7) is 3.60. The smallest absolute Gasteiger partial charge is 0.457 e. The molecule has 0 amide bonds. The third-order valence-corrected chi connectivity index (χ3v) is 12.2. The molecule has 3 atom stereocenters. The summed E-state index contributed by atoms with van der Waals surface area (Å²) < 4.78 is 33.5. The summed E-state index contributed by atoms with van der Waals surface area (Å²) in [6.07, 6.45) is 46.4. The molecular weight excluding hydrogens is 751 g/mol. The van der Waals surface area contributed by atoms with Gasteiger partial charge in [0.05, 0.1) is 26.4 Å². The molecule has 58 heavy (non-hydrogen) atoms. The fraction of sp³-hybridized carbons (Fsp3) is 0.979. The maximum atomic E-state index is 12.6. The molecule has 0 bridgehead atoms. The average molecular weight is 849 g/mol. The van der Waals surface area contributed by atoms with Crippen molar-refractivity contribution in [3.63, 3.8) is 0 Å². The van der Waals surface area contributed by atoms with Crippen LogP contribution in [0.3, 0.4) is 0 Å². The number of phosphoric acid groups is 1. The zero-order valence-electron chi connectivity index (χ0n) is 38.3. The van der Waals surface area contributed by atoms with Gasteiger partial charge in [0.1, 0.15) is 12.2 Å². The number of phosphoric ester groups is 1. The zero-order chi connectivity index (χ0) is 42.5. The Kier molecular flexibility index (Phi) is 45.5. The fourth-order valence-corrected chi connectivity index (χ4v) is 8.27. The van der Waals surface area contributed by atoms with Gasteiger partial charge in [-0.3, -0.25) is 13.8 Å². The third kappa shape index (κ3) is 45.0. The summed E-state index contributed by atoms with van der Waals surface area (Å²) in [5.74, 6) is -0.374. The Balaban J connectivity index is 4.00. The van der Waals surface area contributed by atoms with Crippen LogP contribution in [0.1, 0.15) is 258 Å². The standard InChI is InChI=1S/C48H97O9P/c1-3-5-7-9-11-13-15-17-19-20-21-22-23-24-25-27-29-31-33-35-37-39-41-54-44-47(45-56-58(52,53)55-43-46(50)42-49)57-48(51)40-38-36-34-32-30-28-26-18-16-14-12-10-8-6-4-2/h46-47,49-50H,3-45H2,1-2H3,(H,52,53). The second kappa shape index (κ2) is 46.0. The maximum Gasteiger partial charge on any atom is 0.472 e. The van der Waals surface area contributed by atoms with Crippen molar-refractivity contribution in [3.05, 3.63) is 0 Å². The lowest BCUT2D eigenvalue weighted by atomic mass is 10.0. The van der Waals surface area contributed by atoms with Crippen LogP contribution in [0.15, 0.2) is 0 Å². The molecule has 0 saturated carbocycles. The summed E-state index contributed by atoms with van der Waals surface area (Å²) in [7, 11) is -4.51. The van der Waals surface area contributed by atoms with Crippen LogP contribution >= 0.6 is 7.82 Å². The van der Waals surface area contributed by atoms with E-state index in [1.807, 2.05) is 0 Å². The van der Waals surface area contributed by atoms with E-state index in [0.717, 1.165) is 32.1 Å². The minimum absolute atomic E-state index is 0.0586. The van der Waals surface area contributed by atoms with Gasteiger partial charge in [-0.2, -0.15) is 0 Å². The van der Waals surface area contributed by atoms with E-state index in [9.17, 15) is 19.4 Å². The molecule has 0 fully saturated rings. The number of aliphatic hydroxyl groups excluding tert-OH is 2. The third-order valence-electron chi connectivity index (χ3n) is 11.3. The molecule has 9 nitrogen and oxygen atoms in total. The van der Waals surface area contributed by atoms with E-state index in [2.05, 4.69) is 13.8 Å². The van der Waals surface area contributed by atoms with Gasteiger partial charge >= 0.3 is 13.8 Å². The van der Waals surface area contributed by atoms with Crippen LogP contribution in [0.25, 0.3) is 0 Å². The lowest BCUT2D eigenvalue weighted by Gasteiger charge is -2.20. The van der Waals surface area contributed by atoms with Gasteiger partial charge < -0.3 is 24.6 Å². The van der Waals surface area contributed by atoms with E-state index >= 15 is 0 Å². The van der Waals surface area contributed by atoms with Crippen molar-refractivity contribution >= 4 is 13.8 Å². The Morgan fingerprint density at radius 2 is 0.776 bits per heavy atom. The van der Waals surface area contributed by atoms with E-state index in [-0.39, 0.29) is 25.6 Å². The number of aliphatic hydroxyl groups is 2. The van der Waals surface area contributed by atoms with Crippen molar-refractivity contribution in [3.8, 4) is 0 Å². The van der Waals surface area contributed by atoms with Crippen LogP contribution in [0.5, 0.6) is 0 Å². The number of esters is 1. The van der Waals surface area contributed by atoms with Gasteiger partial charge in [-0.1, -0.05) is 239 Å². The summed E-state index contributed by atoms with van der Waals surface area (Å²) >= 11 is 0. The van der Waals surface area contributed by atoms with Crippen LogP contribution in [0.2, 0.25) is 0 Å². The molecule has 0 aromatic heterocycles. The molecule has 0 heterocycles. The van der Waals surface area contributed by atoms with Gasteiger partial charge in [0.15, 0.2) is 0 Å². The highest BCUT2D eigenvalue weighted by Crippen LogP contribution is 2.43. The SMILES string of the molecule is CCCCCCCCCCCCCCCCCCCCCCCCOCC(COP(=O)(O)OCC(O)CO)OC(=O)CCCCCCCCCCCCCCCCC. The first kappa shape index (κ1) is 57.5. The van der Waals surface area contributed by atoms with Gasteiger partial charge in [-0.05, 0) is 12.8 Å². The molecule has 0 aliphatic carbocycles.